The number of esters is 1. The predicted octanol–water partition coefficient (Wildman–Crippen LogP) is 4.14. The van der Waals surface area contributed by atoms with Gasteiger partial charge in [-0.05, 0) is 24.8 Å². The van der Waals surface area contributed by atoms with Gasteiger partial charge in [0, 0.05) is 25.7 Å². The van der Waals surface area contributed by atoms with Crippen LogP contribution >= 0.6 is 0 Å². The van der Waals surface area contributed by atoms with Crippen molar-refractivity contribution < 1.29 is 28.0 Å². The third-order valence-corrected chi connectivity index (χ3v) is 6.33. The quantitative estimate of drug-likeness (QED) is 0.476. The van der Waals surface area contributed by atoms with Gasteiger partial charge in [0.05, 0.1) is 6.54 Å². The number of unbranched alkanes of at least 4 members (excludes halogenated alkanes) is 1. The number of rotatable bonds is 9. The van der Waals surface area contributed by atoms with Crippen molar-refractivity contribution in [3.8, 4) is 0 Å². The molecule has 1 aliphatic carbocycles. The number of halogens is 2. The highest BCUT2D eigenvalue weighted by Gasteiger charge is 2.52. The van der Waals surface area contributed by atoms with Gasteiger partial charge in [-0.25, -0.2) is 22.7 Å². The van der Waals surface area contributed by atoms with Crippen LogP contribution in [0.3, 0.4) is 0 Å². The molecule has 0 spiro atoms. The Kier molecular flexibility index (Phi) is 7.46. The van der Waals surface area contributed by atoms with Crippen LogP contribution in [-0.2, 0) is 28.2 Å². The Bertz CT molecular complexity index is 869. The number of carbonyl (C=O) groups is 1. The normalized spacial score (nSPS) is 20.2. The molecule has 0 aliphatic heterocycles. The van der Waals surface area contributed by atoms with Crippen molar-refractivity contribution in [3.05, 3.63) is 54.1 Å². The van der Waals surface area contributed by atoms with Gasteiger partial charge in [0.2, 0.25) is 5.92 Å². The SMILES string of the molecule is CCCC[n+]1ccn(CCOC(=O)[C@](O)(c2ccccc2)[C@H]2CCCC(F)(F)C2)c1C. The highest BCUT2D eigenvalue weighted by molar-refractivity contribution is 5.81. The first-order chi connectivity index (χ1) is 14.8. The lowest BCUT2D eigenvalue weighted by atomic mass is 9.72. The van der Waals surface area contributed by atoms with E-state index in [9.17, 15) is 18.7 Å². The lowest BCUT2D eigenvalue weighted by molar-refractivity contribution is -0.702. The summed E-state index contributed by atoms with van der Waals surface area (Å²) in [4.78, 5) is 13.1. The summed E-state index contributed by atoms with van der Waals surface area (Å²) in [6, 6.07) is 8.33. The van der Waals surface area contributed by atoms with E-state index in [2.05, 4.69) is 11.5 Å². The summed E-state index contributed by atoms with van der Waals surface area (Å²) < 4.78 is 37.8. The number of hydrogen-bond acceptors (Lipinski definition) is 3. The molecule has 0 saturated heterocycles. The van der Waals surface area contributed by atoms with Crippen LogP contribution in [0.15, 0.2) is 42.7 Å². The van der Waals surface area contributed by atoms with Gasteiger partial charge < -0.3 is 9.84 Å². The molecule has 1 heterocycles. The van der Waals surface area contributed by atoms with E-state index in [0.29, 0.717) is 18.5 Å². The molecule has 0 unspecified atom stereocenters. The number of benzene rings is 1. The van der Waals surface area contributed by atoms with Crippen LogP contribution in [0.5, 0.6) is 0 Å². The molecule has 1 fully saturated rings. The smallest absolute Gasteiger partial charge is 0.343 e. The molecule has 1 aromatic carbocycles. The first kappa shape index (κ1) is 23.4. The molecule has 3 rings (SSSR count). The lowest BCUT2D eigenvalue weighted by Gasteiger charge is -2.39. The molecule has 2 atom stereocenters. The molecule has 5 nitrogen and oxygen atoms in total. The minimum atomic E-state index is -2.89. The van der Waals surface area contributed by atoms with Gasteiger partial charge in [-0.3, -0.25) is 0 Å². The summed E-state index contributed by atoms with van der Waals surface area (Å²) in [6.45, 7) is 5.56. The van der Waals surface area contributed by atoms with Crippen LogP contribution in [-0.4, -0.2) is 28.2 Å². The Morgan fingerprint density at radius 2 is 2.10 bits per heavy atom. The van der Waals surface area contributed by atoms with Crippen molar-refractivity contribution in [2.75, 3.05) is 6.61 Å². The van der Waals surface area contributed by atoms with Gasteiger partial charge in [-0.1, -0.05) is 43.7 Å². The van der Waals surface area contributed by atoms with E-state index < -0.39 is 29.8 Å². The summed E-state index contributed by atoms with van der Waals surface area (Å²) in [5, 5.41) is 11.4. The van der Waals surface area contributed by atoms with E-state index in [1.54, 1.807) is 30.3 Å². The zero-order chi connectivity index (χ0) is 22.5. The van der Waals surface area contributed by atoms with Crippen molar-refractivity contribution in [1.82, 2.24) is 4.57 Å². The van der Waals surface area contributed by atoms with Crippen LogP contribution in [0.4, 0.5) is 8.78 Å². The highest BCUT2D eigenvalue weighted by atomic mass is 19.3. The number of aryl methyl sites for hydroxylation is 1. The van der Waals surface area contributed by atoms with Crippen LogP contribution in [0.1, 0.15) is 56.8 Å². The van der Waals surface area contributed by atoms with E-state index in [1.165, 1.54) is 0 Å². The molecular formula is C24H33F2N2O3+. The topological polar surface area (TPSA) is 55.3 Å². The average molecular weight is 436 g/mol. The molecule has 1 N–H and O–H groups in total. The van der Waals surface area contributed by atoms with E-state index >= 15 is 0 Å². The maximum absolute atomic E-state index is 14.1. The number of aromatic nitrogens is 2. The zero-order valence-electron chi connectivity index (χ0n) is 18.4. The standard InChI is InChI=1S/C24H33F2N2O3/c1-3-4-13-27-14-15-28(19(27)2)16-17-31-22(29)24(30,20-9-6-5-7-10-20)21-11-8-12-23(25,26)18-21/h5-7,9-10,14-15,21,30H,3-4,8,11-13,16-18H2,1-2H3/q+1/t21-,24-/m0/s1. The molecule has 1 aliphatic rings. The number of nitrogens with zero attached hydrogens (tertiary/aromatic N) is 2. The third kappa shape index (κ3) is 5.32. The summed E-state index contributed by atoms with van der Waals surface area (Å²) in [7, 11) is 0. The predicted molar refractivity (Wildman–Crippen MR) is 112 cm³/mol. The Morgan fingerprint density at radius 1 is 1.35 bits per heavy atom. The van der Waals surface area contributed by atoms with Crippen molar-refractivity contribution in [2.24, 2.45) is 5.92 Å². The van der Waals surface area contributed by atoms with Gasteiger partial charge in [0.25, 0.3) is 5.82 Å². The fourth-order valence-corrected chi connectivity index (χ4v) is 4.43. The first-order valence-corrected chi connectivity index (χ1v) is 11.2. The van der Waals surface area contributed by atoms with Crippen molar-refractivity contribution in [3.63, 3.8) is 0 Å². The number of alkyl halides is 2. The summed E-state index contributed by atoms with van der Waals surface area (Å²) in [5.41, 5.74) is -1.78. The molecule has 2 aromatic rings. The van der Waals surface area contributed by atoms with Crippen LogP contribution in [0, 0.1) is 12.8 Å². The zero-order valence-corrected chi connectivity index (χ0v) is 18.4. The summed E-state index contributed by atoms with van der Waals surface area (Å²) >= 11 is 0. The summed E-state index contributed by atoms with van der Waals surface area (Å²) in [6.07, 6.45) is 6.00. The van der Waals surface area contributed by atoms with Gasteiger partial charge in [-0.2, -0.15) is 0 Å². The Morgan fingerprint density at radius 3 is 2.77 bits per heavy atom. The molecule has 0 amide bonds. The maximum atomic E-state index is 14.1. The second-order valence-electron chi connectivity index (χ2n) is 8.50. The van der Waals surface area contributed by atoms with Crippen molar-refractivity contribution in [1.29, 1.82) is 0 Å². The molecule has 170 valence electrons. The van der Waals surface area contributed by atoms with Gasteiger partial charge in [-0.15, -0.1) is 0 Å². The number of carbonyl (C=O) groups excluding carboxylic acids is 1. The minimum Gasteiger partial charge on any atom is -0.459 e. The lowest BCUT2D eigenvalue weighted by Crippen LogP contribution is -2.48. The van der Waals surface area contributed by atoms with E-state index in [-0.39, 0.29) is 19.4 Å². The largest absolute Gasteiger partial charge is 0.459 e. The van der Waals surface area contributed by atoms with E-state index in [1.807, 2.05) is 23.9 Å². The second-order valence-corrected chi connectivity index (χ2v) is 8.50. The van der Waals surface area contributed by atoms with Gasteiger partial charge >= 0.3 is 5.97 Å². The monoisotopic (exact) mass is 435 g/mol. The maximum Gasteiger partial charge on any atom is 0.343 e. The number of hydrogen-bond donors (Lipinski definition) is 1. The Balaban J connectivity index is 1.72. The molecule has 1 aromatic heterocycles. The van der Waals surface area contributed by atoms with Crippen LogP contribution in [0.25, 0.3) is 0 Å². The fourth-order valence-electron chi connectivity index (χ4n) is 4.43. The minimum absolute atomic E-state index is 0.0559. The fraction of sp³-hybridized carbons (Fsp3) is 0.583. The second kappa shape index (κ2) is 9.90. The Hall–Kier alpha value is -2.28. The molecule has 1 saturated carbocycles. The molecule has 31 heavy (non-hydrogen) atoms. The molecule has 7 heteroatoms. The number of ether oxygens (including phenoxy) is 1. The Labute approximate surface area is 182 Å². The first-order valence-electron chi connectivity index (χ1n) is 11.2. The number of aliphatic hydroxyl groups is 1. The van der Waals surface area contributed by atoms with E-state index in [4.69, 9.17) is 4.74 Å². The van der Waals surface area contributed by atoms with Crippen LogP contribution in [0.2, 0.25) is 0 Å². The van der Waals surface area contributed by atoms with Gasteiger partial charge in [0.1, 0.15) is 25.5 Å². The molecular weight excluding hydrogens is 402 g/mol. The average Bonchev–Trinajstić information content (AvgIpc) is 3.10. The van der Waals surface area contributed by atoms with E-state index in [0.717, 1.165) is 25.2 Å². The van der Waals surface area contributed by atoms with Crippen molar-refractivity contribution >= 4 is 5.97 Å². The number of imidazole rings is 1. The highest BCUT2D eigenvalue weighted by Crippen LogP contribution is 2.45. The summed E-state index contributed by atoms with van der Waals surface area (Å²) in [5.74, 6) is -3.59. The van der Waals surface area contributed by atoms with Crippen molar-refractivity contribution in [2.45, 2.75) is 77.0 Å². The van der Waals surface area contributed by atoms with Gasteiger partial charge in [0.15, 0.2) is 5.60 Å². The molecule has 0 bridgehead atoms. The molecule has 0 radical (unpaired) electrons. The third-order valence-electron chi connectivity index (χ3n) is 6.33. The van der Waals surface area contributed by atoms with Crippen LogP contribution < -0.4 is 4.57 Å².